The van der Waals surface area contributed by atoms with E-state index in [0.717, 1.165) is 6.42 Å². The quantitative estimate of drug-likeness (QED) is 0.612. The van der Waals surface area contributed by atoms with E-state index < -0.39 is 29.3 Å². The van der Waals surface area contributed by atoms with Crippen molar-refractivity contribution in [3.05, 3.63) is 47.8 Å². The van der Waals surface area contributed by atoms with E-state index in [9.17, 15) is 17.6 Å². The molecule has 3 nitrogen and oxygen atoms in total. The van der Waals surface area contributed by atoms with Gasteiger partial charge in [-0.25, -0.2) is 0 Å². The van der Waals surface area contributed by atoms with Crippen LogP contribution in [0.5, 0.6) is 17.2 Å². The van der Waals surface area contributed by atoms with E-state index in [1.165, 1.54) is 24.3 Å². The molecule has 0 saturated heterocycles. The lowest BCUT2D eigenvalue weighted by Crippen LogP contribution is -2.03. The van der Waals surface area contributed by atoms with Gasteiger partial charge in [0.15, 0.2) is 0 Å². The highest BCUT2D eigenvalue weighted by atomic mass is 19.2. The van der Waals surface area contributed by atoms with Crippen LogP contribution in [0.3, 0.4) is 0 Å². The highest BCUT2D eigenvalue weighted by Gasteiger charge is 2.22. The predicted molar refractivity (Wildman–Crippen MR) is 66.4 cm³/mol. The van der Waals surface area contributed by atoms with Crippen molar-refractivity contribution >= 4 is 0 Å². The maximum atomic E-state index is 13.4. The molecular formula is C14H11F4NO2. The molecule has 0 unspecified atom stereocenters. The largest absolute Gasteiger partial charge is 0.494 e. The Labute approximate surface area is 118 Å². The first-order valence-corrected chi connectivity index (χ1v) is 6.13. The van der Waals surface area contributed by atoms with Crippen LogP contribution in [0, 0.1) is 23.5 Å². The lowest BCUT2D eigenvalue weighted by Gasteiger charge is -2.09. The van der Waals surface area contributed by atoms with Crippen molar-refractivity contribution in [2.24, 2.45) is 0 Å². The summed E-state index contributed by atoms with van der Waals surface area (Å²) in [5.41, 5.74) is 0. The fraction of sp³-hybridized carbons (Fsp3) is 0.214. The Morgan fingerprint density at radius 2 is 1.43 bits per heavy atom. The normalized spacial score (nSPS) is 10.5. The third kappa shape index (κ3) is 3.42. The van der Waals surface area contributed by atoms with E-state index >= 15 is 0 Å². The summed E-state index contributed by atoms with van der Waals surface area (Å²) in [6.45, 7) is 2.46. The number of pyridine rings is 1. The van der Waals surface area contributed by atoms with Gasteiger partial charge in [-0.15, -0.1) is 0 Å². The molecule has 21 heavy (non-hydrogen) atoms. The molecule has 0 aliphatic heterocycles. The Morgan fingerprint density at radius 3 is 1.95 bits per heavy atom. The second-order valence-corrected chi connectivity index (χ2v) is 4.07. The molecule has 1 heterocycles. The maximum absolute atomic E-state index is 13.4. The highest BCUT2D eigenvalue weighted by molar-refractivity contribution is 5.36. The Kier molecular flexibility index (Phi) is 4.62. The van der Waals surface area contributed by atoms with E-state index in [1.807, 2.05) is 6.92 Å². The molecule has 112 valence electrons. The molecule has 2 aromatic rings. The van der Waals surface area contributed by atoms with Crippen LogP contribution < -0.4 is 9.47 Å². The number of rotatable bonds is 5. The number of hydrogen-bond acceptors (Lipinski definition) is 3. The molecule has 0 N–H and O–H groups in total. The van der Waals surface area contributed by atoms with E-state index in [4.69, 9.17) is 9.47 Å². The molecule has 1 aromatic carbocycles. The summed E-state index contributed by atoms with van der Waals surface area (Å²) in [5.74, 6) is -7.57. The first-order chi connectivity index (χ1) is 10.0. The Bertz CT molecular complexity index is 606. The molecule has 7 heteroatoms. The van der Waals surface area contributed by atoms with Gasteiger partial charge in [-0.1, -0.05) is 6.92 Å². The number of nitrogens with zero attached hydrogens (tertiary/aromatic N) is 1. The van der Waals surface area contributed by atoms with Gasteiger partial charge in [-0.3, -0.25) is 0 Å². The number of ether oxygens (including phenoxy) is 2. The minimum Gasteiger partial charge on any atom is -0.494 e. The van der Waals surface area contributed by atoms with Gasteiger partial charge in [0, 0.05) is 0 Å². The van der Waals surface area contributed by atoms with Crippen molar-refractivity contribution < 1.29 is 27.0 Å². The number of hydrogen-bond donors (Lipinski definition) is 0. The predicted octanol–water partition coefficient (Wildman–Crippen LogP) is 4.22. The van der Waals surface area contributed by atoms with Crippen LogP contribution in [-0.4, -0.2) is 11.6 Å². The molecule has 0 atom stereocenters. The van der Waals surface area contributed by atoms with Crippen LogP contribution in [0.4, 0.5) is 17.6 Å². The Hall–Kier alpha value is -2.31. The van der Waals surface area contributed by atoms with Crippen LogP contribution in [-0.2, 0) is 0 Å². The van der Waals surface area contributed by atoms with Crippen molar-refractivity contribution in [1.82, 2.24) is 4.98 Å². The lowest BCUT2D eigenvalue weighted by molar-refractivity contribution is 0.316. The van der Waals surface area contributed by atoms with Gasteiger partial charge in [0.1, 0.15) is 11.5 Å². The zero-order valence-electron chi connectivity index (χ0n) is 11.0. The molecule has 0 radical (unpaired) electrons. The number of benzene rings is 1. The van der Waals surface area contributed by atoms with Gasteiger partial charge in [-0.2, -0.15) is 22.5 Å². The molecule has 1 aromatic heterocycles. The molecule has 0 amide bonds. The van der Waals surface area contributed by atoms with Gasteiger partial charge in [-0.05, 0) is 30.7 Å². The molecule has 0 aliphatic carbocycles. The van der Waals surface area contributed by atoms with Crippen LogP contribution in [0.2, 0.25) is 0 Å². The second-order valence-electron chi connectivity index (χ2n) is 4.07. The summed E-state index contributed by atoms with van der Waals surface area (Å²) in [5, 5.41) is 0. The summed E-state index contributed by atoms with van der Waals surface area (Å²) < 4.78 is 62.8. The van der Waals surface area contributed by atoms with Gasteiger partial charge in [0.05, 0.1) is 6.61 Å². The fourth-order valence-electron chi connectivity index (χ4n) is 1.50. The van der Waals surface area contributed by atoms with Crippen molar-refractivity contribution in [1.29, 1.82) is 0 Å². The minimum atomic E-state index is -1.77. The topological polar surface area (TPSA) is 31.4 Å². The van der Waals surface area contributed by atoms with E-state index in [2.05, 4.69) is 4.98 Å². The minimum absolute atomic E-state index is 0.00153. The maximum Gasteiger partial charge on any atom is 0.255 e. The van der Waals surface area contributed by atoms with Crippen LogP contribution in [0.1, 0.15) is 13.3 Å². The monoisotopic (exact) mass is 301 g/mol. The summed E-state index contributed by atoms with van der Waals surface area (Å²) >= 11 is 0. The van der Waals surface area contributed by atoms with Crippen LogP contribution in [0.15, 0.2) is 24.3 Å². The molecule has 0 saturated carbocycles. The smallest absolute Gasteiger partial charge is 0.255 e. The average Bonchev–Trinajstić information content (AvgIpc) is 2.49. The number of halogens is 4. The van der Waals surface area contributed by atoms with Gasteiger partial charge < -0.3 is 9.47 Å². The van der Waals surface area contributed by atoms with Crippen molar-refractivity contribution in [2.75, 3.05) is 6.61 Å². The van der Waals surface area contributed by atoms with Crippen molar-refractivity contribution in [3.63, 3.8) is 0 Å². The zero-order valence-corrected chi connectivity index (χ0v) is 11.0. The van der Waals surface area contributed by atoms with Crippen LogP contribution >= 0.6 is 0 Å². The average molecular weight is 301 g/mol. The first kappa shape index (κ1) is 15.1. The summed E-state index contributed by atoms with van der Waals surface area (Å²) in [6, 6.07) is 5.74. The number of aromatic nitrogens is 1. The third-order valence-electron chi connectivity index (χ3n) is 2.47. The fourth-order valence-corrected chi connectivity index (χ4v) is 1.50. The van der Waals surface area contributed by atoms with E-state index in [1.54, 1.807) is 0 Å². The highest BCUT2D eigenvalue weighted by Crippen LogP contribution is 2.30. The van der Waals surface area contributed by atoms with Gasteiger partial charge >= 0.3 is 0 Å². The standard InChI is InChI=1S/C14H11F4NO2/c1-2-7-20-8-3-5-9(6-4-8)21-12-10(15)13(17)19-14(18)11(12)16/h3-6H,2,7H2,1H3. The SMILES string of the molecule is CCCOc1ccc(Oc2c(F)c(F)nc(F)c2F)cc1. The summed E-state index contributed by atoms with van der Waals surface area (Å²) in [4.78, 5) is 2.44. The van der Waals surface area contributed by atoms with E-state index in [0.29, 0.717) is 12.4 Å². The zero-order chi connectivity index (χ0) is 15.4. The Balaban J connectivity index is 2.22. The van der Waals surface area contributed by atoms with Crippen molar-refractivity contribution in [3.8, 4) is 17.2 Å². The molecule has 0 aliphatic rings. The van der Waals surface area contributed by atoms with Gasteiger partial charge in [0.25, 0.3) is 11.9 Å². The summed E-state index contributed by atoms with van der Waals surface area (Å²) in [6.07, 6.45) is 0.824. The summed E-state index contributed by atoms with van der Waals surface area (Å²) in [7, 11) is 0. The molecule has 2 rings (SSSR count). The van der Waals surface area contributed by atoms with Gasteiger partial charge in [0.2, 0.25) is 17.4 Å². The second kappa shape index (κ2) is 6.43. The molecule has 0 spiro atoms. The van der Waals surface area contributed by atoms with Crippen molar-refractivity contribution in [2.45, 2.75) is 13.3 Å². The van der Waals surface area contributed by atoms with E-state index in [-0.39, 0.29) is 5.75 Å². The first-order valence-electron chi connectivity index (χ1n) is 6.13. The molecule has 0 bridgehead atoms. The third-order valence-corrected chi connectivity index (χ3v) is 2.47. The van der Waals surface area contributed by atoms with Crippen LogP contribution in [0.25, 0.3) is 0 Å². The lowest BCUT2D eigenvalue weighted by atomic mass is 10.3. The Morgan fingerprint density at radius 1 is 0.905 bits per heavy atom. The molecular weight excluding hydrogens is 290 g/mol. The molecule has 0 fully saturated rings.